The van der Waals surface area contributed by atoms with Crippen molar-refractivity contribution in [3.8, 4) is 0 Å². The van der Waals surface area contributed by atoms with Crippen LogP contribution >= 0.6 is 11.3 Å². The summed E-state index contributed by atoms with van der Waals surface area (Å²) in [6.45, 7) is 3.46. The molecular weight excluding hydrogens is 248 g/mol. The van der Waals surface area contributed by atoms with Gasteiger partial charge in [0, 0.05) is 31.0 Å². The molecule has 1 aliphatic rings. The molecule has 2 atom stereocenters. The molecule has 2 amide bonds. The van der Waals surface area contributed by atoms with Gasteiger partial charge in [0.05, 0.1) is 12.6 Å². The molecule has 1 aromatic rings. The second-order valence-electron chi connectivity index (χ2n) is 4.75. The predicted molar refractivity (Wildman–Crippen MR) is 73.0 cm³/mol. The largest absolute Gasteiger partial charge is 0.379 e. The van der Waals surface area contributed by atoms with Crippen LogP contribution in [0.25, 0.3) is 0 Å². The Bertz CT molecular complexity index is 374. The van der Waals surface area contributed by atoms with E-state index in [1.807, 2.05) is 13.1 Å². The number of likely N-dealkylation sites (N-methyl/N-ethyl adjacent to an activating group) is 1. The first-order valence-electron chi connectivity index (χ1n) is 6.30. The van der Waals surface area contributed by atoms with Crippen LogP contribution < -0.4 is 5.32 Å². The lowest BCUT2D eigenvalue weighted by Gasteiger charge is -2.26. The van der Waals surface area contributed by atoms with E-state index in [-0.39, 0.29) is 18.1 Å². The number of nitrogens with one attached hydrogen (secondary N) is 1. The lowest BCUT2D eigenvalue weighted by atomic mass is 10.2. The van der Waals surface area contributed by atoms with Crippen molar-refractivity contribution in [2.45, 2.75) is 31.8 Å². The first-order valence-corrected chi connectivity index (χ1v) is 7.18. The zero-order valence-corrected chi connectivity index (χ0v) is 11.7. The summed E-state index contributed by atoms with van der Waals surface area (Å²) >= 11 is 1.73. The van der Waals surface area contributed by atoms with Gasteiger partial charge in [0.1, 0.15) is 0 Å². The Kier molecular flexibility index (Phi) is 4.60. The van der Waals surface area contributed by atoms with Gasteiger partial charge in [-0.2, -0.15) is 0 Å². The van der Waals surface area contributed by atoms with Crippen LogP contribution in [0.5, 0.6) is 0 Å². The minimum Gasteiger partial charge on any atom is -0.379 e. The van der Waals surface area contributed by atoms with Crippen molar-refractivity contribution >= 4 is 17.4 Å². The topological polar surface area (TPSA) is 41.6 Å². The van der Waals surface area contributed by atoms with E-state index in [2.05, 4.69) is 23.7 Å². The number of nitrogens with zero attached hydrogens (tertiary/aromatic N) is 1. The molecule has 2 heterocycles. The van der Waals surface area contributed by atoms with Gasteiger partial charge < -0.3 is 15.0 Å². The summed E-state index contributed by atoms with van der Waals surface area (Å²) in [4.78, 5) is 15.1. The average Bonchev–Trinajstić information content (AvgIpc) is 3.01. The Morgan fingerprint density at radius 2 is 2.56 bits per heavy atom. The van der Waals surface area contributed by atoms with E-state index in [0.717, 1.165) is 19.4 Å². The fourth-order valence-corrected chi connectivity index (χ4v) is 2.81. The molecule has 0 spiro atoms. The maximum Gasteiger partial charge on any atom is 0.317 e. The van der Waals surface area contributed by atoms with E-state index < -0.39 is 0 Å². The Hall–Kier alpha value is -1.07. The summed E-state index contributed by atoms with van der Waals surface area (Å²) in [7, 11) is 1.85. The lowest BCUT2D eigenvalue weighted by molar-refractivity contribution is 0.176. The van der Waals surface area contributed by atoms with Gasteiger partial charge >= 0.3 is 6.03 Å². The summed E-state index contributed by atoms with van der Waals surface area (Å²) in [6.07, 6.45) is 1.82. The van der Waals surface area contributed by atoms with Crippen molar-refractivity contribution in [1.29, 1.82) is 0 Å². The normalized spacial score (nSPS) is 20.7. The molecule has 0 aliphatic carbocycles. The standard InChI is InChI=1S/C13H20N2O2S/c1-10(8-12-4-3-7-18-12)15(2)13(16)14-11-5-6-17-9-11/h3-4,7,10-11H,5-6,8-9H2,1-2H3,(H,14,16). The van der Waals surface area contributed by atoms with Crippen LogP contribution in [0.2, 0.25) is 0 Å². The summed E-state index contributed by atoms with van der Waals surface area (Å²) in [5.41, 5.74) is 0. The maximum atomic E-state index is 12.0. The zero-order chi connectivity index (χ0) is 13.0. The van der Waals surface area contributed by atoms with Crippen molar-refractivity contribution in [2.75, 3.05) is 20.3 Å². The zero-order valence-electron chi connectivity index (χ0n) is 10.9. The van der Waals surface area contributed by atoms with Crippen LogP contribution in [0.15, 0.2) is 17.5 Å². The molecule has 1 saturated heterocycles. The number of carbonyl (C=O) groups is 1. The van der Waals surface area contributed by atoms with Crippen molar-refractivity contribution in [1.82, 2.24) is 10.2 Å². The van der Waals surface area contributed by atoms with E-state index >= 15 is 0 Å². The molecule has 0 radical (unpaired) electrons. The molecule has 4 nitrogen and oxygen atoms in total. The molecule has 1 N–H and O–H groups in total. The van der Waals surface area contributed by atoms with E-state index in [4.69, 9.17) is 4.74 Å². The Balaban J connectivity index is 1.81. The van der Waals surface area contributed by atoms with Crippen molar-refractivity contribution in [2.24, 2.45) is 0 Å². The minimum absolute atomic E-state index is 0.00504. The van der Waals surface area contributed by atoms with Gasteiger partial charge in [0.2, 0.25) is 0 Å². The molecule has 5 heteroatoms. The molecule has 0 aromatic carbocycles. The van der Waals surface area contributed by atoms with E-state index in [9.17, 15) is 4.79 Å². The van der Waals surface area contributed by atoms with Gasteiger partial charge in [-0.05, 0) is 24.8 Å². The molecule has 2 unspecified atom stereocenters. The summed E-state index contributed by atoms with van der Waals surface area (Å²) < 4.78 is 5.25. The number of ether oxygens (including phenoxy) is 1. The number of rotatable bonds is 4. The van der Waals surface area contributed by atoms with Crippen molar-refractivity contribution < 1.29 is 9.53 Å². The van der Waals surface area contributed by atoms with Crippen LogP contribution in [-0.2, 0) is 11.2 Å². The highest BCUT2D eigenvalue weighted by atomic mass is 32.1. The van der Waals surface area contributed by atoms with Crippen LogP contribution in [0.3, 0.4) is 0 Å². The van der Waals surface area contributed by atoms with Gasteiger partial charge in [-0.25, -0.2) is 4.79 Å². The smallest absolute Gasteiger partial charge is 0.317 e. The monoisotopic (exact) mass is 268 g/mol. The van der Waals surface area contributed by atoms with Gasteiger partial charge in [0.15, 0.2) is 0 Å². The van der Waals surface area contributed by atoms with Gasteiger partial charge in [0.25, 0.3) is 0 Å². The number of carbonyl (C=O) groups excluding carboxylic acids is 1. The summed E-state index contributed by atoms with van der Waals surface area (Å²) in [6, 6.07) is 4.52. The highest BCUT2D eigenvalue weighted by molar-refractivity contribution is 7.09. The van der Waals surface area contributed by atoms with Crippen LogP contribution in [0, 0.1) is 0 Å². The fourth-order valence-electron chi connectivity index (χ4n) is 1.98. The second kappa shape index (κ2) is 6.20. The van der Waals surface area contributed by atoms with Gasteiger partial charge in [-0.1, -0.05) is 6.07 Å². The number of hydrogen-bond donors (Lipinski definition) is 1. The molecule has 0 bridgehead atoms. The predicted octanol–water partition coefficient (Wildman–Crippen LogP) is 2.11. The van der Waals surface area contributed by atoms with E-state index in [1.54, 1.807) is 16.2 Å². The third-order valence-corrected chi connectivity index (χ3v) is 4.21. The Morgan fingerprint density at radius 1 is 1.72 bits per heavy atom. The van der Waals surface area contributed by atoms with Crippen LogP contribution in [0.1, 0.15) is 18.2 Å². The van der Waals surface area contributed by atoms with Crippen LogP contribution in [0.4, 0.5) is 4.79 Å². The summed E-state index contributed by atoms with van der Waals surface area (Å²) in [5, 5.41) is 5.07. The molecule has 1 aliphatic heterocycles. The fraction of sp³-hybridized carbons (Fsp3) is 0.615. The SMILES string of the molecule is CC(Cc1cccs1)N(C)C(=O)NC1CCOC1. The molecule has 18 heavy (non-hydrogen) atoms. The molecule has 100 valence electrons. The quantitative estimate of drug-likeness (QED) is 0.908. The molecule has 2 rings (SSSR count). The average molecular weight is 268 g/mol. The molecule has 1 fully saturated rings. The lowest BCUT2D eigenvalue weighted by Crippen LogP contribution is -2.47. The molecule has 1 aromatic heterocycles. The van der Waals surface area contributed by atoms with Crippen LogP contribution in [-0.4, -0.2) is 43.3 Å². The molecular formula is C13H20N2O2S. The third kappa shape index (κ3) is 3.46. The van der Waals surface area contributed by atoms with Crippen molar-refractivity contribution in [3.05, 3.63) is 22.4 Å². The van der Waals surface area contributed by atoms with E-state index in [0.29, 0.717) is 6.61 Å². The summed E-state index contributed by atoms with van der Waals surface area (Å²) in [5.74, 6) is 0. The first-order chi connectivity index (χ1) is 8.66. The number of amides is 2. The highest BCUT2D eigenvalue weighted by Crippen LogP contribution is 2.14. The number of hydrogen-bond acceptors (Lipinski definition) is 3. The Morgan fingerprint density at radius 3 is 3.17 bits per heavy atom. The van der Waals surface area contributed by atoms with Gasteiger partial charge in [-0.3, -0.25) is 0 Å². The second-order valence-corrected chi connectivity index (χ2v) is 5.79. The number of thiophene rings is 1. The highest BCUT2D eigenvalue weighted by Gasteiger charge is 2.22. The van der Waals surface area contributed by atoms with E-state index in [1.165, 1.54) is 4.88 Å². The van der Waals surface area contributed by atoms with Crippen molar-refractivity contribution in [3.63, 3.8) is 0 Å². The Labute approximate surface area is 112 Å². The third-order valence-electron chi connectivity index (χ3n) is 3.32. The maximum absolute atomic E-state index is 12.0. The molecule has 0 saturated carbocycles. The minimum atomic E-state index is -0.00504. The number of urea groups is 1. The van der Waals surface area contributed by atoms with Gasteiger partial charge in [-0.15, -0.1) is 11.3 Å². The first kappa shape index (κ1) is 13.4.